The highest BCUT2D eigenvalue weighted by Crippen LogP contribution is 2.29. The zero-order chi connectivity index (χ0) is 18.4. The number of carbonyl (C=O) groups is 2. The van der Waals surface area contributed by atoms with E-state index in [2.05, 4.69) is 15.6 Å². The quantitative estimate of drug-likeness (QED) is 0.746. The molecule has 2 unspecified atom stereocenters. The number of aromatic nitrogens is 1. The number of nitrogens with zero attached hydrogens (tertiary/aromatic N) is 1. The van der Waals surface area contributed by atoms with Gasteiger partial charge in [-0.25, -0.2) is 0 Å². The molecule has 1 aromatic carbocycles. The molecule has 1 aromatic heterocycles. The van der Waals surface area contributed by atoms with Crippen LogP contribution in [0.2, 0.25) is 0 Å². The monoisotopic (exact) mass is 342 g/mol. The third kappa shape index (κ3) is 4.77. The molecule has 2 rings (SSSR count). The predicted octanol–water partition coefficient (Wildman–Crippen LogP) is 2.16. The minimum atomic E-state index is -0.339. The molecule has 0 aliphatic rings. The Morgan fingerprint density at radius 3 is 2.60 bits per heavy atom. The van der Waals surface area contributed by atoms with Crippen molar-refractivity contribution in [1.82, 2.24) is 10.3 Å². The molecule has 132 valence electrons. The van der Waals surface area contributed by atoms with E-state index in [1.807, 2.05) is 0 Å². The van der Waals surface area contributed by atoms with Gasteiger partial charge in [0.25, 0.3) is 5.91 Å². The average molecular weight is 342 g/mol. The zero-order valence-corrected chi connectivity index (χ0v) is 14.4. The van der Waals surface area contributed by atoms with E-state index in [1.165, 1.54) is 19.3 Å². The molecule has 7 nitrogen and oxygen atoms in total. The summed E-state index contributed by atoms with van der Waals surface area (Å²) in [5.41, 5.74) is 6.54. The molecular weight excluding hydrogens is 320 g/mol. The number of para-hydroxylation sites is 2. The third-order valence-electron chi connectivity index (χ3n) is 3.77. The van der Waals surface area contributed by atoms with Crippen LogP contribution in [-0.4, -0.2) is 29.9 Å². The molecule has 2 amide bonds. The highest BCUT2D eigenvalue weighted by molar-refractivity contribution is 5.94. The largest absolute Gasteiger partial charge is 0.455 e. The van der Waals surface area contributed by atoms with Crippen LogP contribution in [0.25, 0.3) is 0 Å². The molecular formula is C18H22N4O3. The first kappa shape index (κ1) is 18.4. The summed E-state index contributed by atoms with van der Waals surface area (Å²) in [7, 11) is 1.53. The smallest absolute Gasteiger partial charge is 0.269 e. The minimum Gasteiger partial charge on any atom is -0.455 e. The lowest BCUT2D eigenvalue weighted by molar-refractivity contribution is -0.119. The maximum Gasteiger partial charge on any atom is 0.269 e. The lowest BCUT2D eigenvalue weighted by atomic mass is 10.0. The molecule has 2 aromatic rings. The summed E-state index contributed by atoms with van der Waals surface area (Å²) in [4.78, 5) is 27.9. The van der Waals surface area contributed by atoms with Gasteiger partial charge in [0.2, 0.25) is 5.91 Å². The van der Waals surface area contributed by atoms with Crippen LogP contribution in [0.3, 0.4) is 0 Å². The van der Waals surface area contributed by atoms with Crippen molar-refractivity contribution in [1.29, 1.82) is 0 Å². The van der Waals surface area contributed by atoms with Gasteiger partial charge in [0.05, 0.1) is 11.6 Å². The van der Waals surface area contributed by atoms with Crippen LogP contribution in [-0.2, 0) is 4.79 Å². The topological polar surface area (TPSA) is 106 Å². The Balaban J connectivity index is 2.21. The van der Waals surface area contributed by atoms with Gasteiger partial charge in [-0.15, -0.1) is 0 Å². The molecule has 0 spiro atoms. The molecule has 0 radical (unpaired) electrons. The van der Waals surface area contributed by atoms with Gasteiger partial charge in [-0.1, -0.05) is 19.1 Å². The summed E-state index contributed by atoms with van der Waals surface area (Å²) in [5.74, 6) is 0.0655. The second-order valence-electron chi connectivity index (χ2n) is 5.69. The highest BCUT2D eigenvalue weighted by Gasteiger charge is 2.18. The molecule has 1 heterocycles. The average Bonchev–Trinajstić information content (AvgIpc) is 2.62. The third-order valence-corrected chi connectivity index (χ3v) is 3.77. The van der Waals surface area contributed by atoms with Crippen LogP contribution in [0.15, 0.2) is 42.6 Å². The first-order valence-electron chi connectivity index (χ1n) is 7.94. The number of pyridine rings is 1. The van der Waals surface area contributed by atoms with E-state index in [4.69, 9.17) is 10.5 Å². The number of nitrogens with one attached hydrogen (secondary N) is 2. The van der Waals surface area contributed by atoms with Gasteiger partial charge in [0.1, 0.15) is 11.4 Å². The van der Waals surface area contributed by atoms with Gasteiger partial charge >= 0.3 is 0 Å². The van der Waals surface area contributed by atoms with E-state index in [0.717, 1.165) is 0 Å². The number of hydrogen-bond donors (Lipinski definition) is 3. The molecule has 0 bridgehead atoms. The summed E-state index contributed by atoms with van der Waals surface area (Å²) >= 11 is 0. The van der Waals surface area contributed by atoms with Crippen molar-refractivity contribution in [3.8, 4) is 11.5 Å². The molecule has 0 aliphatic heterocycles. The Labute approximate surface area is 146 Å². The number of anilines is 1. The Kier molecular flexibility index (Phi) is 6.08. The Morgan fingerprint density at radius 1 is 1.20 bits per heavy atom. The lowest BCUT2D eigenvalue weighted by Crippen LogP contribution is -2.34. The number of rotatable bonds is 6. The maximum atomic E-state index is 12.2. The summed E-state index contributed by atoms with van der Waals surface area (Å²) in [6.45, 7) is 3.55. The number of carbonyl (C=O) groups excluding carboxylic acids is 2. The Morgan fingerprint density at radius 2 is 1.92 bits per heavy atom. The number of hydrogen-bond acceptors (Lipinski definition) is 5. The van der Waals surface area contributed by atoms with Crippen LogP contribution in [0.5, 0.6) is 11.5 Å². The van der Waals surface area contributed by atoms with Crippen molar-refractivity contribution in [2.24, 2.45) is 11.7 Å². The number of amides is 2. The van der Waals surface area contributed by atoms with Crippen LogP contribution in [0.1, 0.15) is 24.3 Å². The van der Waals surface area contributed by atoms with Gasteiger partial charge in [-0.2, -0.15) is 0 Å². The molecule has 25 heavy (non-hydrogen) atoms. The standard InChI is InChI=1S/C18H22N4O3/c1-11(12(2)19)17(23)22-14-6-4-5-7-16(14)25-13-8-9-21-15(10-13)18(24)20-3/h4-12H,19H2,1-3H3,(H,20,24)(H,22,23). The predicted molar refractivity (Wildman–Crippen MR) is 95.6 cm³/mol. The van der Waals surface area contributed by atoms with E-state index in [0.29, 0.717) is 17.2 Å². The summed E-state index contributed by atoms with van der Waals surface area (Å²) < 4.78 is 5.82. The van der Waals surface area contributed by atoms with Gasteiger partial charge in [0.15, 0.2) is 5.75 Å². The van der Waals surface area contributed by atoms with Crippen molar-refractivity contribution < 1.29 is 14.3 Å². The molecule has 2 atom stereocenters. The van der Waals surface area contributed by atoms with E-state index >= 15 is 0 Å². The van der Waals surface area contributed by atoms with Crippen molar-refractivity contribution in [3.05, 3.63) is 48.3 Å². The van der Waals surface area contributed by atoms with Crippen LogP contribution in [0.4, 0.5) is 5.69 Å². The molecule has 0 fully saturated rings. The second kappa shape index (κ2) is 8.25. The van der Waals surface area contributed by atoms with E-state index in [1.54, 1.807) is 44.2 Å². The summed E-state index contributed by atoms with van der Waals surface area (Å²) in [5, 5.41) is 5.33. The molecule has 4 N–H and O–H groups in total. The van der Waals surface area contributed by atoms with Crippen molar-refractivity contribution in [3.63, 3.8) is 0 Å². The fourth-order valence-electron chi connectivity index (χ4n) is 2.00. The number of ether oxygens (including phenoxy) is 1. The highest BCUT2D eigenvalue weighted by atomic mass is 16.5. The number of benzene rings is 1. The fraction of sp³-hybridized carbons (Fsp3) is 0.278. The fourth-order valence-corrected chi connectivity index (χ4v) is 2.00. The van der Waals surface area contributed by atoms with E-state index in [9.17, 15) is 9.59 Å². The van der Waals surface area contributed by atoms with E-state index < -0.39 is 0 Å². The van der Waals surface area contributed by atoms with Crippen molar-refractivity contribution >= 4 is 17.5 Å². The van der Waals surface area contributed by atoms with E-state index in [-0.39, 0.29) is 29.5 Å². The van der Waals surface area contributed by atoms with Gasteiger partial charge in [-0.05, 0) is 25.1 Å². The minimum absolute atomic E-state index is 0.188. The van der Waals surface area contributed by atoms with Crippen LogP contribution >= 0.6 is 0 Å². The van der Waals surface area contributed by atoms with Crippen LogP contribution < -0.4 is 21.1 Å². The number of nitrogens with two attached hydrogens (primary N) is 1. The van der Waals surface area contributed by atoms with Crippen molar-refractivity contribution in [2.75, 3.05) is 12.4 Å². The van der Waals surface area contributed by atoms with Gasteiger partial charge < -0.3 is 21.1 Å². The first-order chi connectivity index (χ1) is 11.9. The molecule has 0 saturated heterocycles. The lowest BCUT2D eigenvalue weighted by Gasteiger charge is -2.17. The van der Waals surface area contributed by atoms with Crippen molar-refractivity contribution in [2.45, 2.75) is 19.9 Å². The molecule has 0 aliphatic carbocycles. The molecule has 7 heteroatoms. The Bertz CT molecular complexity index is 761. The van der Waals surface area contributed by atoms with Gasteiger partial charge in [0, 0.05) is 25.4 Å². The summed E-state index contributed by atoms with van der Waals surface area (Å²) in [6.07, 6.45) is 1.49. The maximum absolute atomic E-state index is 12.2. The summed E-state index contributed by atoms with van der Waals surface area (Å²) in [6, 6.07) is 9.96. The normalized spacial score (nSPS) is 12.8. The SMILES string of the molecule is CNC(=O)c1cc(Oc2ccccc2NC(=O)C(C)C(C)N)ccn1. The van der Waals surface area contributed by atoms with Crippen LogP contribution in [0, 0.1) is 5.92 Å². The Hall–Kier alpha value is -2.93. The first-order valence-corrected chi connectivity index (χ1v) is 7.94. The second-order valence-corrected chi connectivity index (χ2v) is 5.69. The van der Waals surface area contributed by atoms with Gasteiger partial charge in [-0.3, -0.25) is 14.6 Å². The zero-order valence-electron chi connectivity index (χ0n) is 14.4. The molecule has 0 saturated carbocycles.